The zero-order valence-electron chi connectivity index (χ0n) is 9.23. The molecule has 16 heavy (non-hydrogen) atoms. The van der Waals surface area contributed by atoms with E-state index in [0.717, 1.165) is 12.2 Å². The third kappa shape index (κ3) is 3.35. The molecule has 0 radical (unpaired) electrons. The van der Waals surface area contributed by atoms with Gasteiger partial charge in [-0.3, -0.25) is 0 Å². The lowest BCUT2D eigenvalue weighted by molar-refractivity contribution is 0.0692. The fourth-order valence-electron chi connectivity index (χ4n) is 1.11. The van der Waals surface area contributed by atoms with Crippen LogP contribution in [-0.2, 0) is 0 Å². The standard InChI is InChI=1S/C11H14O3S2/c1-3-7-15-16-10-8(11(12)13)5-4-6-9(10)14-2/h4-6H,3,7H2,1-2H3,(H,12,13). The van der Waals surface area contributed by atoms with Crippen LogP contribution in [0.5, 0.6) is 5.75 Å². The number of hydrogen-bond donors (Lipinski definition) is 1. The molecule has 0 saturated heterocycles. The molecule has 0 unspecified atom stereocenters. The summed E-state index contributed by atoms with van der Waals surface area (Å²) in [6.07, 6.45) is 1.06. The van der Waals surface area contributed by atoms with Gasteiger partial charge in [0, 0.05) is 5.75 Å². The molecular formula is C11H14O3S2. The lowest BCUT2D eigenvalue weighted by Crippen LogP contribution is -2.00. The van der Waals surface area contributed by atoms with Crippen molar-refractivity contribution in [3.8, 4) is 5.75 Å². The monoisotopic (exact) mass is 258 g/mol. The summed E-state index contributed by atoms with van der Waals surface area (Å²) in [7, 11) is 4.65. The molecule has 1 N–H and O–H groups in total. The van der Waals surface area contributed by atoms with E-state index in [1.165, 1.54) is 10.8 Å². The first-order valence-electron chi connectivity index (χ1n) is 4.90. The van der Waals surface area contributed by atoms with Gasteiger partial charge < -0.3 is 9.84 Å². The van der Waals surface area contributed by atoms with Crippen molar-refractivity contribution in [2.45, 2.75) is 18.2 Å². The Morgan fingerprint density at radius 3 is 2.81 bits per heavy atom. The van der Waals surface area contributed by atoms with Crippen LogP contribution in [0.15, 0.2) is 23.1 Å². The summed E-state index contributed by atoms with van der Waals surface area (Å²) in [4.78, 5) is 11.7. The van der Waals surface area contributed by atoms with Crippen molar-refractivity contribution in [2.24, 2.45) is 0 Å². The van der Waals surface area contributed by atoms with Gasteiger partial charge in [0.2, 0.25) is 0 Å². The van der Waals surface area contributed by atoms with Gasteiger partial charge in [0.15, 0.2) is 0 Å². The molecule has 0 bridgehead atoms. The summed E-state index contributed by atoms with van der Waals surface area (Å²) in [6, 6.07) is 5.07. The van der Waals surface area contributed by atoms with E-state index in [-0.39, 0.29) is 0 Å². The highest BCUT2D eigenvalue weighted by Gasteiger charge is 2.15. The molecular weight excluding hydrogens is 244 g/mol. The molecule has 0 amide bonds. The van der Waals surface area contributed by atoms with E-state index in [4.69, 9.17) is 9.84 Å². The number of benzene rings is 1. The van der Waals surface area contributed by atoms with Crippen molar-refractivity contribution in [3.05, 3.63) is 23.8 Å². The maximum atomic E-state index is 11.0. The highest BCUT2D eigenvalue weighted by Crippen LogP contribution is 2.40. The van der Waals surface area contributed by atoms with Crippen LogP contribution in [0.25, 0.3) is 0 Å². The number of rotatable bonds is 6. The second-order valence-electron chi connectivity index (χ2n) is 3.05. The molecule has 0 aliphatic heterocycles. The Balaban J connectivity index is 2.95. The van der Waals surface area contributed by atoms with Gasteiger partial charge in [0.1, 0.15) is 5.75 Å². The summed E-state index contributed by atoms with van der Waals surface area (Å²) >= 11 is 0. The molecule has 0 atom stereocenters. The first-order chi connectivity index (χ1) is 7.70. The summed E-state index contributed by atoms with van der Waals surface area (Å²) in [5.74, 6) is 0.689. The SMILES string of the molecule is CCCSSc1c(OC)cccc1C(=O)O. The Bertz CT molecular complexity index is 366. The van der Waals surface area contributed by atoms with Gasteiger partial charge in [0.25, 0.3) is 0 Å². The fourth-order valence-corrected chi connectivity index (χ4v) is 3.58. The van der Waals surface area contributed by atoms with Gasteiger partial charge in [0.05, 0.1) is 17.6 Å². The van der Waals surface area contributed by atoms with Crippen molar-refractivity contribution in [2.75, 3.05) is 12.9 Å². The van der Waals surface area contributed by atoms with Crippen molar-refractivity contribution in [3.63, 3.8) is 0 Å². The molecule has 0 fully saturated rings. The quantitative estimate of drug-likeness (QED) is 0.624. The van der Waals surface area contributed by atoms with Gasteiger partial charge in [-0.15, -0.1) is 0 Å². The lowest BCUT2D eigenvalue weighted by atomic mass is 10.2. The van der Waals surface area contributed by atoms with Crippen molar-refractivity contribution >= 4 is 27.6 Å². The molecule has 0 spiro atoms. The number of carbonyl (C=O) groups is 1. The predicted octanol–water partition coefficient (Wildman–Crippen LogP) is 3.54. The highest BCUT2D eigenvalue weighted by molar-refractivity contribution is 8.76. The maximum absolute atomic E-state index is 11.0. The molecule has 0 heterocycles. The van der Waals surface area contributed by atoms with Gasteiger partial charge in [-0.1, -0.05) is 34.6 Å². The molecule has 1 rings (SSSR count). The first-order valence-corrected chi connectivity index (χ1v) is 7.22. The van der Waals surface area contributed by atoms with Crippen LogP contribution < -0.4 is 4.74 Å². The summed E-state index contributed by atoms with van der Waals surface area (Å²) in [6.45, 7) is 2.09. The van der Waals surface area contributed by atoms with E-state index in [9.17, 15) is 4.79 Å². The topological polar surface area (TPSA) is 46.5 Å². The molecule has 3 nitrogen and oxygen atoms in total. The minimum atomic E-state index is -0.918. The molecule has 5 heteroatoms. The molecule has 1 aromatic rings. The van der Waals surface area contributed by atoms with Gasteiger partial charge in [-0.25, -0.2) is 4.79 Å². The van der Waals surface area contributed by atoms with Crippen LogP contribution in [0.2, 0.25) is 0 Å². The normalized spacial score (nSPS) is 10.1. The Labute approximate surface area is 103 Å². The molecule has 0 aliphatic carbocycles. The van der Waals surface area contributed by atoms with E-state index in [1.54, 1.807) is 36.1 Å². The highest BCUT2D eigenvalue weighted by atomic mass is 33.1. The smallest absolute Gasteiger partial charge is 0.337 e. The minimum Gasteiger partial charge on any atom is -0.496 e. The van der Waals surface area contributed by atoms with E-state index >= 15 is 0 Å². The van der Waals surface area contributed by atoms with Crippen molar-refractivity contribution in [1.82, 2.24) is 0 Å². The molecule has 1 aromatic carbocycles. The zero-order chi connectivity index (χ0) is 12.0. The first kappa shape index (κ1) is 13.3. The van der Waals surface area contributed by atoms with E-state index in [2.05, 4.69) is 6.92 Å². The molecule has 88 valence electrons. The Morgan fingerprint density at radius 2 is 2.25 bits per heavy atom. The average molecular weight is 258 g/mol. The van der Waals surface area contributed by atoms with Crippen molar-refractivity contribution < 1.29 is 14.6 Å². The third-order valence-corrected chi connectivity index (χ3v) is 4.49. The Morgan fingerprint density at radius 1 is 1.50 bits per heavy atom. The van der Waals surface area contributed by atoms with Crippen LogP contribution in [-0.4, -0.2) is 23.9 Å². The van der Waals surface area contributed by atoms with Gasteiger partial charge >= 0.3 is 5.97 Å². The summed E-state index contributed by atoms with van der Waals surface area (Å²) in [5.41, 5.74) is 0.299. The van der Waals surface area contributed by atoms with E-state index in [1.807, 2.05) is 0 Å². The Kier molecular flexibility index (Phi) is 5.55. The van der Waals surface area contributed by atoms with Crippen LogP contribution in [0, 0.1) is 0 Å². The number of methoxy groups -OCH3 is 1. The van der Waals surface area contributed by atoms with Gasteiger partial charge in [-0.2, -0.15) is 0 Å². The van der Waals surface area contributed by atoms with E-state index in [0.29, 0.717) is 16.2 Å². The lowest BCUT2D eigenvalue weighted by Gasteiger charge is -2.09. The van der Waals surface area contributed by atoms with Crippen LogP contribution in [0.4, 0.5) is 0 Å². The molecule has 0 aliphatic rings. The number of carboxylic acid groups (broad SMARTS) is 1. The van der Waals surface area contributed by atoms with Crippen LogP contribution in [0.3, 0.4) is 0 Å². The summed E-state index contributed by atoms with van der Waals surface area (Å²) in [5, 5.41) is 9.06. The van der Waals surface area contributed by atoms with Crippen molar-refractivity contribution in [1.29, 1.82) is 0 Å². The number of hydrogen-bond acceptors (Lipinski definition) is 4. The number of ether oxygens (including phenoxy) is 1. The number of carboxylic acids is 1. The largest absolute Gasteiger partial charge is 0.496 e. The summed E-state index contributed by atoms with van der Waals surface area (Å²) < 4.78 is 5.17. The predicted molar refractivity (Wildman–Crippen MR) is 68.6 cm³/mol. The third-order valence-electron chi connectivity index (χ3n) is 1.86. The fraction of sp³-hybridized carbons (Fsp3) is 0.364. The van der Waals surface area contributed by atoms with E-state index < -0.39 is 5.97 Å². The maximum Gasteiger partial charge on any atom is 0.337 e. The second-order valence-corrected chi connectivity index (χ2v) is 5.47. The zero-order valence-corrected chi connectivity index (χ0v) is 10.9. The average Bonchev–Trinajstić information content (AvgIpc) is 2.29. The minimum absolute atomic E-state index is 0.299. The van der Waals surface area contributed by atoms with Crippen LogP contribution >= 0.6 is 21.6 Å². The molecule has 0 saturated carbocycles. The van der Waals surface area contributed by atoms with Gasteiger partial charge in [-0.05, 0) is 18.6 Å². The number of aromatic carboxylic acids is 1. The second kappa shape index (κ2) is 6.70. The van der Waals surface area contributed by atoms with Crippen LogP contribution in [0.1, 0.15) is 23.7 Å². The Hall–Kier alpha value is -0.810. The molecule has 0 aromatic heterocycles.